The summed E-state index contributed by atoms with van der Waals surface area (Å²) >= 11 is 0. The maximum atomic E-state index is 11.2. The van der Waals surface area contributed by atoms with Crippen LogP contribution in [0.4, 0.5) is 0 Å². The lowest BCUT2D eigenvalue weighted by Gasteiger charge is -2.18. The summed E-state index contributed by atoms with van der Waals surface area (Å²) in [5.74, 6) is 1.02. The second-order valence-electron chi connectivity index (χ2n) is 6.08. The van der Waals surface area contributed by atoms with Crippen LogP contribution < -0.4 is 4.74 Å². The minimum Gasteiger partial charge on any atom is -0.487 e. The van der Waals surface area contributed by atoms with E-state index >= 15 is 0 Å². The Labute approximate surface area is 115 Å². The van der Waals surface area contributed by atoms with Crippen molar-refractivity contribution >= 4 is 11.9 Å². The summed E-state index contributed by atoms with van der Waals surface area (Å²) in [6.07, 6.45) is 4.44. The van der Waals surface area contributed by atoms with Gasteiger partial charge in [0, 0.05) is 17.5 Å². The average molecular weight is 258 g/mol. The van der Waals surface area contributed by atoms with E-state index in [1.165, 1.54) is 22.3 Å². The molecular formula is C17H22O2. The van der Waals surface area contributed by atoms with Gasteiger partial charge in [-0.3, -0.25) is 4.79 Å². The van der Waals surface area contributed by atoms with Crippen LogP contribution in [0.15, 0.2) is 6.08 Å². The highest BCUT2D eigenvalue weighted by Gasteiger charge is 2.34. The standard InChI is InChI=1S/C17H22O2/c1-10(18)7-8-14-12(3)11(2)13(4)15-9-17(5,6)19-16(14)15/h7-8H,9H2,1-6H3. The van der Waals surface area contributed by atoms with Crippen molar-refractivity contribution in [2.24, 2.45) is 0 Å². The van der Waals surface area contributed by atoms with Crippen LogP contribution in [0.3, 0.4) is 0 Å². The number of fused-ring (bicyclic) bond motifs is 1. The second kappa shape index (κ2) is 4.52. The maximum Gasteiger partial charge on any atom is 0.152 e. The van der Waals surface area contributed by atoms with E-state index in [-0.39, 0.29) is 11.4 Å². The first-order chi connectivity index (χ1) is 8.73. The highest BCUT2D eigenvalue weighted by molar-refractivity contribution is 5.92. The number of carbonyl (C=O) groups excluding carboxylic acids is 1. The molecule has 0 saturated carbocycles. The lowest BCUT2D eigenvalue weighted by molar-refractivity contribution is -0.112. The zero-order chi connectivity index (χ0) is 14.4. The highest BCUT2D eigenvalue weighted by atomic mass is 16.5. The molecule has 0 N–H and O–H groups in total. The third-order valence-corrected chi connectivity index (χ3v) is 3.97. The highest BCUT2D eigenvalue weighted by Crippen LogP contribution is 2.43. The van der Waals surface area contributed by atoms with Crippen LogP contribution in [-0.2, 0) is 11.2 Å². The molecule has 0 fully saturated rings. The zero-order valence-electron chi connectivity index (χ0n) is 12.7. The van der Waals surface area contributed by atoms with Crippen LogP contribution in [0.1, 0.15) is 48.6 Å². The minimum atomic E-state index is -0.161. The Kier molecular flexibility index (Phi) is 3.29. The molecule has 0 atom stereocenters. The summed E-state index contributed by atoms with van der Waals surface area (Å²) in [6, 6.07) is 0. The molecule has 1 heterocycles. The van der Waals surface area contributed by atoms with Crippen molar-refractivity contribution in [3.8, 4) is 5.75 Å². The Morgan fingerprint density at radius 2 is 1.79 bits per heavy atom. The van der Waals surface area contributed by atoms with Gasteiger partial charge in [0.05, 0.1) is 0 Å². The quantitative estimate of drug-likeness (QED) is 0.751. The summed E-state index contributed by atoms with van der Waals surface area (Å²) < 4.78 is 6.11. The Morgan fingerprint density at radius 3 is 2.37 bits per heavy atom. The fourth-order valence-corrected chi connectivity index (χ4v) is 2.68. The van der Waals surface area contributed by atoms with Crippen molar-refractivity contribution in [1.29, 1.82) is 0 Å². The number of ether oxygens (including phenoxy) is 1. The first-order valence-corrected chi connectivity index (χ1v) is 6.73. The lowest BCUT2D eigenvalue weighted by atomic mass is 9.89. The van der Waals surface area contributed by atoms with E-state index in [2.05, 4.69) is 34.6 Å². The molecule has 0 radical (unpaired) electrons. The zero-order valence-corrected chi connectivity index (χ0v) is 12.7. The van der Waals surface area contributed by atoms with Crippen molar-refractivity contribution in [2.45, 2.75) is 53.6 Å². The molecule has 1 aromatic carbocycles. The molecule has 1 aliphatic heterocycles. The van der Waals surface area contributed by atoms with Crippen LogP contribution >= 0.6 is 0 Å². The van der Waals surface area contributed by atoms with Crippen LogP contribution in [-0.4, -0.2) is 11.4 Å². The first kappa shape index (κ1) is 13.9. The summed E-state index contributed by atoms with van der Waals surface area (Å²) in [4.78, 5) is 11.2. The van der Waals surface area contributed by atoms with E-state index in [1.54, 1.807) is 13.0 Å². The SMILES string of the molecule is CC(=O)C=Cc1c(C)c(C)c(C)c2c1OC(C)(C)C2. The predicted molar refractivity (Wildman–Crippen MR) is 78.8 cm³/mol. The molecular weight excluding hydrogens is 236 g/mol. The van der Waals surface area contributed by atoms with Crippen molar-refractivity contribution in [2.75, 3.05) is 0 Å². The molecule has 0 amide bonds. The molecule has 19 heavy (non-hydrogen) atoms. The summed E-state index contributed by atoms with van der Waals surface area (Å²) in [5.41, 5.74) is 5.99. The number of benzene rings is 1. The van der Waals surface area contributed by atoms with Crippen LogP contribution in [0.2, 0.25) is 0 Å². The number of hydrogen-bond acceptors (Lipinski definition) is 2. The van der Waals surface area contributed by atoms with Gasteiger partial charge in [0.2, 0.25) is 0 Å². The molecule has 0 spiro atoms. The van der Waals surface area contributed by atoms with Gasteiger partial charge in [0.15, 0.2) is 5.78 Å². The van der Waals surface area contributed by atoms with Gasteiger partial charge in [-0.2, -0.15) is 0 Å². The molecule has 2 nitrogen and oxygen atoms in total. The van der Waals surface area contributed by atoms with Crippen molar-refractivity contribution in [1.82, 2.24) is 0 Å². The largest absolute Gasteiger partial charge is 0.487 e. The van der Waals surface area contributed by atoms with Crippen molar-refractivity contribution in [3.05, 3.63) is 33.9 Å². The summed E-state index contributed by atoms with van der Waals surface area (Å²) in [5, 5.41) is 0. The normalized spacial score (nSPS) is 16.5. The van der Waals surface area contributed by atoms with Gasteiger partial charge in [0.25, 0.3) is 0 Å². The number of hydrogen-bond donors (Lipinski definition) is 0. The Balaban J connectivity index is 2.66. The van der Waals surface area contributed by atoms with Gasteiger partial charge in [-0.1, -0.05) is 0 Å². The number of carbonyl (C=O) groups is 1. The van der Waals surface area contributed by atoms with E-state index in [0.29, 0.717) is 0 Å². The monoisotopic (exact) mass is 258 g/mol. The Hall–Kier alpha value is -1.57. The number of rotatable bonds is 2. The fraction of sp³-hybridized carbons (Fsp3) is 0.471. The summed E-state index contributed by atoms with van der Waals surface area (Å²) in [7, 11) is 0. The van der Waals surface area contributed by atoms with E-state index in [4.69, 9.17) is 4.74 Å². The van der Waals surface area contributed by atoms with Crippen LogP contribution in [0.5, 0.6) is 5.75 Å². The number of ketones is 1. The third-order valence-electron chi connectivity index (χ3n) is 3.97. The fourth-order valence-electron chi connectivity index (χ4n) is 2.68. The van der Waals surface area contributed by atoms with E-state index in [0.717, 1.165) is 17.7 Å². The topological polar surface area (TPSA) is 26.3 Å². The van der Waals surface area contributed by atoms with Gasteiger partial charge in [0.1, 0.15) is 11.4 Å². The molecule has 2 heteroatoms. The average Bonchev–Trinajstić information content (AvgIpc) is 2.62. The van der Waals surface area contributed by atoms with Gasteiger partial charge in [-0.15, -0.1) is 0 Å². The van der Waals surface area contributed by atoms with E-state index in [1.807, 2.05) is 6.08 Å². The van der Waals surface area contributed by atoms with Gasteiger partial charge < -0.3 is 4.74 Å². The maximum absolute atomic E-state index is 11.2. The first-order valence-electron chi connectivity index (χ1n) is 6.73. The Morgan fingerprint density at radius 1 is 1.16 bits per heavy atom. The third kappa shape index (κ3) is 2.44. The molecule has 1 aliphatic rings. The van der Waals surface area contributed by atoms with E-state index in [9.17, 15) is 4.79 Å². The molecule has 2 rings (SSSR count). The molecule has 102 valence electrons. The van der Waals surface area contributed by atoms with E-state index < -0.39 is 0 Å². The predicted octanol–water partition coefficient (Wildman–Crippen LogP) is 3.93. The molecule has 0 aromatic heterocycles. The van der Waals surface area contributed by atoms with Crippen LogP contribution in [0, 0.1) is 20.8 Å². The lowest BCUT2D eigenvalue weighted by Crippen LogP contribution is -2.24. The van der Waals surface area contributed by atoms with Crippen LogP contribution in [0.25, 0.3) is 6.08 Å². The Bertz CT molecular complexity index is 578. The van der Waals surface area contributed by atoms with Gasteiger partial charge >= 0.3 is 0 Å². The molecule has 0 aliphatic carbocycles. The molecule has 1 aromatic rings. The van der Waals surface area contributed by atoms with Crippen molar-refractivity contribution < 1.29 is 9.53 Å². The molecule has 0 saturated heterocycles. The molecule has 0 unspecified atom stereocenters. The van der Waals surface area contributed by atoms with Crippen molar-refractivity contribution in [3.63, 3.8) is 0 Å². The van der Waals surface area contributed by atoms with Gasteiger partial charge in [-0.25, -0.2) is 0 Å². The second-order valence-corrected chi connectivity index (χ2v) is 6.08. The molecule has 0 bridgehead atoms. The minimum absolute atomic E-state index is 0.0589. The summed E-state index contributed by atoms with van der Waals surface area (Å²) in [6.45, 7) is 12.2. The smallest absolute Gasteiger partial charge is 0.152 e. The number of allylic oxidation sites excluding steroid dienone is 1. The van der Waals surface area contributed by atoms with Gasteiger partial charge in [-0.05, 0) is 70.4 Å².